The van der Waals surface area contributed by atoms with Crippen LogP contribution in [0.1, 0.15) is 41.6 Å². The molecule has 0 saturated carbocycles. The zero-order chi connectivity index (χ0) is 16.7. The molecule has 0 amide bonds. The molecule has 0 saturated heterocycles. The second-order valence-electron chi connectivity index (χ2n) is 5.91. The van der Waals surface area contributed by atoms with Crippen molar-refractivity contribution in [3.8, 4) is 0 Å². The van der Waals surface area contributed by atoms with Gasteiger partial charge < -0.3 is 10.6 Å². The number of rotatable bonds is 6. The molecular weight excluding hydrogens is 431 g/mol. The summed E-state index contributed by atoms with van der Waals surface area (Å²) < 4.78 is 0. The van der Waals surface area contributed by atoms with Crippen LogP contribution in [0.15, 0.2) is 34.6 Å². The van der Waals surface area contributed by atoms with Gasteiger partial charge in [0.15, 0.2) is 5.96 Å². The van der Waals surface area contributed by atoms with E-state index in [4.69, 9.17) is 0 Å². The lowest BCUT2D eigenvalue weighted by molar-refractivity contribution is 0.778. The van der Waals surface area contributed by atoms with Crippen LogP contribution in [0.3, 0.4) is 0 Å². The van der Waals surface area contributed by atoms with Gasteiger partial charge in [-0.1, -0.05) is 43.7 Å². The highest BCUT2D eigenvalue weighted by atomic mass is 127. The van der Waals surface area contributed by atoms with Gasteiger partial charge in [-0.05, 0) is 24.8 Å². The highest BCUT2D eigenvalue weighted by Gasteiger charge is 2.06. The van der Waals surface area contributed by atoms with Gasteiger partial charge in [0.05, 0.1) is 12.2 Å². The van der Waals surface area contributed by atoms with Gasteiger partial charge in [-0.3, -0.25) is 4.99 Å². The molecule has 0 spiro atoms. The second kappa shape index (κ2) is 10.7. The predicted molar refractivity (Wildman–Crippen MR) is 115 cm³/mol. The molecule has 0 aliphatic heterocycles. The van der Waals surface area contributed by atoms with E-state index in [0.29, 0.717) is 12.5 Å². The van der Waals surface area contributed by atoms with E-state index in [1.165, 1.54) is 11.1 Å². The molecule has 2 N–H and O–H groups in total. The molecule has 1 aromatic carbocycles. The van der Waals surface area contributed by atoms with E-state index in [2.05, 4.69) is 71.0 Å². The molecule has 24 heavy (non-hydrogen) atoms. The Bertz CT molecular complexity index is 635. The number of nitrogens with one attached hydrogen (secondary N) is 2. The normalized spacial score (nSPS) is 11.3. The summed E-state index contributed by atoms with van der Waals surface area (Å²) in [5, 5.41) is 9.90. The Morgan fingerprint density at radius 1 is 1.21 bits per heavy atom. The second-order valence-corrected chi connectivity index (χ2v) is 6.85. The Labute approximate surface area is 166 Å². The Kier molecular flexibility index (Phi) is 9.28. The van der Waals surface area contributed by atoms with Crippen molar-refractivity contribution in [2.24, 2.45) is 4.99 Å². The molecule has 1 aromatic heterocycles. The molecule has 0 radical (unpaired) electrons. The van der Waals surface area contributed by atoms with Gasteiger partial charge in [0.1, 0.15) is 5.01 Å². The Morgan fingerprint density at radius 3 is 2.50 bits per heavy atom. The molecule has 0 aliphatic carbocycles. The fourth-order valence-corrected chi connectivity index (χ4v) is 3.03. The van der Waals surface area contributed by atoms with Crippen molar-refractivity contribution in [2.75, 3.05) is 13.6 Å². The number of aryl methyl sites for hydroxylation is 1. The maximum atomic E-state index is 4.63. The molecular formula is C18H27IN4S. The zero-order valence-electron chi connectivity index (χ0n) is 14.8. The fraction of sp³-hybridized carbons (Fsp3) is 0.444. The number of aromatic nitrogens is 1. The SMILES string of the molecule is CN=C(NCCc1ccc(C)cc1)NCc1nc(C(C)C)cs1.I. The van der Waals surface area contributed by atoms with Crippen LogP contribution in [0.25, 0.3) is 0 Å². The third kappa shape index (κ3) is 6.76. The number of guanidine groups is 1. The van der Waals surface area contributed by atoms with Gasteiger partial charge in [-0.15, -0.1) is 35.3 Å². The highest BCUT2D eigenvalue weighted by Crippen LogP contribution is 2.17. The first-order valence-corrected chi connectivity index (χ1v) is 8.91. The Hall–Kier alpha value is -1.15. The lowest BCUT2D eigenvalue weighted by atomic mass is 10.1. The van der Waals surface area contributed by atoms with Gasteiger partial charge in [0.2, 0.25) is 0 Å². The van der Waals surface area contributed by atoms with Crippen molar-refractivity contribution in [2.45, 2.75) is 39.7 Å². The average molecular weight is 458 g/mol. The first-order valence-electron chi connectivity index (χ1n) is 8.03. The van der Waals surface area contributed by atoms with Crippen molar-refractivity contribution >= 4 is 41.3 Å². The molecule has 4 nitrogen and oxygen atoms in total. The average Bonchev–Trinajstić information content (AvgIpc) is 3.01. The lowest BCUT2D eigenvalue weighted by Crippen LogP contribution is -2.37. The van der Waals surface area contributed by atoms with E-state index >= 15 is 0 Å². The maximum absolute atomic E-state index is 4.63. The first-order chi connectivity index (χ1) is 11.1. The molecule has 1 heterocycles. The molecule has 0 aliphatic rings. The number of benzene rings is 1. The largest absolute Gasteiger partial charge is 0.356 e. The molecule has 2 aromatic rings. The Morgan fingerprint density at radius 2 is 1.92 bits per heavy atom. The topological polar surface area (TPSA) is 49.3 Å². The minimum absolute atomic E-state index is 0. The van der Waals surface area contributed by atoms with Crippen LogP contribution in [0.5, 0.6) is 0 Å². The number of aliphatic imine (C=N–C) groups is 1. The summed E-state index contributed by atoms with van der Waals surface area (Å²) in [7, 11) is 1.79. The van der Waals surface area contributed by atoms with E-state index in [1.807, 2.05) is 0 Å². The van der Waals surface area contributed by atoms with E-state index in [9.17, 15) is 0 Å². The summed E-state index contributed by atoms with van der Waals surface area (Å²) in [6, 6.07) is 8.65. The van der Waals surface area contributed by atoms with Gasteiger partial charge >= 0.3 is 0 Å². The van der Waals surface area contributed by atoms with Crippen LogP contribution < -0.4 is 10.6 Å². The Balaban J connectivity index is 0.00000288. The number of halogens is 1. The van der Waals surface area contributed by atoms with Crippen LogP contribution in [0, 0.1) is 6.92 Å². The molecule has 2 rings (SSSR count). The van der Waals surface area contributed by atoms with Crippen LogP contribution in [0.2, 0.25) is 0 Å². The molecule has 6 heteroatoms. The van der Waals surface area contributed by atoms with Crippen LogP contribution in [-0.2, 0) is 13.0 Å². The van der Waals surface area contributed by atoms with E-state index in [1.54, 1.807) is 18.4 Å². The van der Waals surface area contributed by atoms with E-state index in [-0.39, 0.29) is 24.0 Å². The third-order valence-electron chi connectivity index (χ3n) is 3.62. The van der Waals surface area contributed by atoms with Gasteiger partial charge in [0.25, 0.3) is 0 Å². The van der Waals surface area contributed by atoms with Crippen molar-refractivity contribution in [1.82, 2.24) is 15.6 Å². The monoisotopic (exact) mass is 458 g/mol. The zero-order valence-corrected chi connectivity index (χ0v) is 17.9. The summed E-state index contributed by atoms with van der Waals surface area (Å²) in [5.74, 6) is 1.30. The van der Waals surface area contributed by atoms with Gasteiger partial charge in [-0.2, -0.15) is 0 Å². The molecule has 132 valence electrons. The predicted octanol–water partition coefficient (Wildman–Crippen LogP) is 4.10. The van der Waals surface area contributed by atoms with Gasteiger partial charge in [0, 0.05) is 19.0 Å². The molecule has 0 unspecified atom stereocenters. The quantitative estimate of drug-likeness (QED) is 0.389. The molecule has 0 fully saturated rings. The number of hydrogen-bond donors (Lipinski definition) is 2. The summed E-state index contributed by atoms with van der Waals surface area (Å²) in [4.78, 5) is 8.89. The van der Waals surface area contributed by atoms with Crippen LogP contribution in [-0.4, -0.2) is 24.5 Å². The van der Waals surface area contributed by atoms with Crippen molar-refractivity contribution in [3.63, 3.8) is 0 Å². The van der Waals surface area contributed by atoms with Crippen molar-refractivity contribution in [3.05, 3.63) is 51.5 Å². The highest BCUT2D eigenvalue weighted by molar-refractivity contribution is 14.0. The molecule has 0 bridgehead atoms. The van der Waals surface area contributed by atoms with Crippen molar-refractivity contribution in [1.29, 1.82) is 0 Å². The first kappa shape index (κ1) is 20.9. The molecule has 0 atom stereocenters. The summed E-state index contributed by atoms with van der Waals surface area (Å²) in [6.07, 6.45) is 0.982. The van der Waals surface area contributed by atoms with Gasteiger partial charge in [-0.25, -0.2) is 4.98 Å². The van der Waals surface area contributed by atoms with Crippen LogP contribution in [0.4, 0.5) is 0 Å². The lowest BCUT2D eigenvalue weighted by Gasteiger charge is -2.11. The maximum Gasteiger partial charge on any atom is 0.191 e. The fourth-order valence-electron chi connectivity index (χ4n) is 2.13. The number of nitrogens with zero attached hydrogens (tertiary/aromatic N) is 2. The number of thiazole rings is 1. The minimum atomic E-state index is 0. The minimum Gasteiger partial charge on any atom is -0.356 e. The summed E-state index contributed by atoms with van der Waals surface area (Å²) >= 11 is 1.70. The third-order valence-corrected chi connectivity index (χ3v) is 4.49. The van der Waals surface area contributed by atoms with Crippen LogP contribution >= 0.6 is 35.3 Å². The smallest absolute Gasteiger partial charge is 0.191 e. The van der Waals surface area contributed by atoms with E-state index in [0.717, 1.165) is 29.6 Å². The van der Waals surface area contributed by atoms with E-state index < -0.39 is 0 Å². The standard InChI is InChI=1S/C18H26N4S.HI/c1-13(2)16-12-23-17(22-16)11-21-18(19-4)20-10-9-15-7-5-14(3)6-8-15;/h5-8,12-13H,9-11H2,1-4H3,(H2,19,20,21);1H. The van der Waals surface area contributed by atoms with Crippen molar-refractivity contribution < 1.29 is 0 Å². The number of hydrogen-bond acceptors (Lipinski definition) is 3. The summed E-state index contributed by atoms with van der Waals surface area (Å²) in [5.41, 5.74) is 3.79. The summed E-state index contributed by atoms with van der Waals surface area (Å²) in [6.45, 7) is 8.01.